The molecule has 2 aromatic rings. The number of nitrogens with zero attached hydrogens (tertiary/aromatic N) is 4. The molecule has 1 saturated carbocycles. The van der Waals surface area contributed by atoms with Crippen LogP contribution in [0.2, 0.25) is 0 Å². The largest absolute Gasteiger partial charge is 0.461 e. The normalized spacial score (nSPS) is 22.8. The van der Waals surface area contributed by atoms with Gasteiger partial charge in [-0.3, -0.25) is 9.78 Å². The second kappa shape index (κ2) is 8.87. The van der Waals surface area contributed by atoms with Crippen LogP contribution in [0.25, 0.3) is 11.4 Å². The van der Waals surface area contributed by atoms with Gasteiger partial charge in [-0.25, -0.2) is 0 Å². The van der Waals surface area contributed by atoms with Crippen molar-refractivity contribution in [2.75, 3.05) is 5.75 Å². The summed E-state index contributed by atoms with van der Waals surface area (Å²) in [4.78, 5) is 16.5. The summed E-state index contributed by atoms with van der Waals surface area (Å²) in [5, 5.41) is 9.16. The van der Waals surface area contributed by atoms with E-state index in [0.29, 0.717) is 22.9 Å². The zero-order valence-corrected chi connectivity index (χ0v) is 17.3. The lowest BCUT2D eigenvalue weighted by Crippen LogP contribution is -2.36. The maximum absolute atomic E-state index is 12.4. The van der Waals surface area contributed by atoms with E-state index < -0.39 is 0 Å². The Balaban J connectivity index is 1.58. The standard InChI is InChI=1S/C20H28N4O2S/c1-13(2)16-6-5-14(3)11-17(16)26-18(25)12-27-20-23-22-19(24(20)4)15-7-9-21-10-8-15/h7-10,13-14,16-17H,5-6,11-12H2,1-4H3/t14-,16-,17+/m0/s1. The van der Waals surface area contributed by atoms with Gasteiger partial charge in [-0.05, 0) is 42.7 Å². The second-order valence-electron chi connectivity index (χ2n) is 7.74. The van der Waals surface area contributed by atoms with Gasteiger partial charge in [0, 0.05) is 25.0 Å². The van der Waals surface area contributed by atoms with Crippen molar-refractivity contribution in [1.29, 1.82) is 0 Å². The number of carbonyl (C=O) groups excluding carboxylic acids is 1. The topological polar surface area (TPSA) is 69.9 Å². The van der Waals surface area contributed by atoms with Gasteiger partial charge < -0.3 is 9.30 Å². The van der Waals surface area contributed by atoms with Crippen molar-refractivity contribution in [3.8, 4) is 11.4 Å². The van der Waals surface area contributed by atoms with Crippen LogP contribution in [0.3, 0.4) is 0 Å². The van der Waals surface area contributed by atoms with Crippen LogP contribution in [0.5, 0.6) is 0 Å². The Morgan fingerprint density at radius 3 is 2.74 bits per heavy atom. The highest BCUT2D eigenvalue weighted by Crippen LogP contribution is 2.35. The van der Waals surface area contributed by atoms with Gasteiger partial charge in [-0.2, -0.15) is 0 Å². The molecule has 3 atom stereocenters. The van der Waals surface area contributed by atoms with Crippen molar-refractivity contribution in [1.82, 2.24) is 19.7 Å². The van der Waals surface area contributed by atoms with Gasteiger partial charge in [0.1, 0.15) is 6.10 Å². The van der Waals surface area contributed by atoms with Crippen molar-refractivity contribution in [2.45, 2.75) is 51.3 Å². The molecular weight excluding hydrogens is 360 g/mol. The molecule has 0 N–H and O–H groups in total. The van der Waals surface area contributed by atoms with E-state index >= 15 is 0 Å². The van der Waals surface area contributed by atoms with Crippen LogP contribution in [0.15, 0.2) is 29.7 Å². The molecule has 1 fully saturated rings. The first kappa shape index (κ1) is 19.9. The van der Waals surface area contributed by atoms with Gasteiger partial charge in [0.15, 0.2) is 11.0 Å². The smallest absolute Gasteiger partial charge is 0.316 e. The van der Waals surface area contributed by atoms with Gasteiger partial charge in [0.25, 0.3) is 0 Å². The summed E-state index contributed by atoms with van der Waals surface area (Å²) in [6.45, 7) is 6.68. The van der Waals surface area contributed by atoms with Crippen LogP contribution >= 0.6 is 11.8 Å². The van der Waals surface area contributed by atoms with E-state index in [1.165, 1.54) is 18.2 Å². The third kappa shape index (κ3) is 4.89. The van der Waals surface area contributed by atoms with Crippen molar-refractivity contribution in [2.24, 2.45) is 24.8 Å². The number of rotatable bonds is 6. The lowest BCUT2D eigenvalue weighted by atomic mass is 9.75. The number of pyridine rings is 1. The zero-order valence-electron chi connectivity index (χ0n) is 16.5. The Morgan fingerprint density at radius 1 is 1.30 bits per heavy atom. The van der Waals surface area contributed by atoms with E-state index in [1.54, 1.807) is 12.4 Å². The molecule has 3 rings (SSSR count). The Labute approximate surface area is 165 Å². The molecule has 2 heterocycles. The van der Waals surface area contributed by atoms with Gasteiger partial charge in [0.2, 0.25) is 0 Å². The Kier molecular flexibility index (Phi) is 6.52. The molecule has 0 aromatic carbocycles. The monoisotopic (exact) mass is 388 g/mol. The van der Waals surface area contributed by atoms with E-state index in [-0.39, 0.29) is 17.8 Å². The maximum Gasteiger partial charge on any atom is 0.316 e. The predicted molar refractivity (Wildman–Crippen MR) is 106 cm³/mol. The highest BCUT2D eigenvalue weighted by molar-refractivity contribution is 7.99. The molecule has 0 unspecified atom stereocenters. The third-order valence-corrected chi connectivity index (χ3v) is 6.33. The van der Waals surface area contributed by atoms with E-state index in [0.717, 1.165) is 24.2 Å². The van der Waals surface area contributed by atoms with Crippen molar-refractivity contribution in [3.63, 3.8) is 0 Å². The SMILES string of the molecule is CC(C)[C@@H]1CC[C@H](C)C[C@H]1OC(=O)CSc1nnc(-c2ccncc2)n1C. The van der Waals surface area contributed by atoms with Gasteiger partial charge in [-0.15, -0.1) is 10.2 Å². The number of thioether (sulfide) groups is 1. The summed E-state index contributed by atoms with van der Waals surface area (Å²) < 4.78 is 7.76. The van der Waals surface area contributed by atoms with E-state index in [4.69, 9.17) is 4.74 Å². The molecule has 0 aliphatic heterocycles. The molecule has 2 aromatic heterocycles. The number of ether oxygens (including phenoxy) is 1. The fraction of sp³-hybridized carbons (Fsp3) is 0.600. The van der Waals surface area contributed by atoms with Crippen molar-refractivity contribution < 1.29 is 9.53 Å². The van der Waals surface area contributed by atoms with Gasteiger partial charge >= 0.3 is 5.97 Å². The Bertz CT molecular complexity index is 763. The molecule has 7 heteroatoms. The highest BCUT2D eigenvalue weighted by Gasteiger charge is 2.33. The minimum absolute atomic E-state index is 0.0359. The summed E-state index contributed by atoms with van der Waals surface area (Å²) in [5.41, 5.74) is 0.949. The molecule has 0 bridgehead atoms. The first-order valence-electron chi connectivity index (χ1n) is 9.57. The average molecular weight is 389 g/mol. The lowest BCUT2D eigenvalue weighted by molar-refractivity contribution is -0.152. The number of esters is 1. The summed E-state index contributed by atoms with van der Waals surface area (Å²) in [6.07, 6.45) is 6.82. The third-order valence-electron chi connectivity index (χ3n) is 5.34. The number of hydrogen-bond acceptors (Lipinski definition) is 6. The molecular formula is C20H28N4O2S. The maximum atomic E-state index is 12.4. The number of aromatic nitrogens is 4. The zero-order chi connectivity index (χ0) is 19.4. The first-order valence-corrected chi connectivity index (χ1v) is 10.6. The minimum atomic E-state index is -0.168. The average Bonchev–Trinajstić information content (AvgIpc) is 3.01. The number of hydrogen-bond donors (Lipinski definition) is 0. The second-order valence-corrected chi connectivity index (χ2v) is 8.69. The Hall–Kier alpha value is -1.89. The van der Waals surface area contributed by atoms with Crippen molar-refractivity contribution >= 4 is 17.7 Å². The molecule has 1 aliphatic carbocycles. The molecule has 0 saturated heterocycles. The highest BCUT2D eigenvalue weighted by atomic mass is 32.2. The molecule has 0 radical (unpaired) electrons. The van der Waals surface area contributed by atoms with Crippen molar-refractivity contribution in [3.05, 3.63) is 24.5 Å². The Morgan fingerprint density at radius 2 is 2.04 bits per heavy atom. The number of carbonyl (C=O) groups is 1. The van der Waals surface area contributed by atoms with Gasteiger partial charge in [0.05, 0.1) is 5.75 Å². The van der Waals surface area contributed by atoms with Crippen LogP contribution < -0.4 is 0 Å². The molecule has 1 aliphatic rings. The van der Waals surface area contributed by atoms with E-state index in [9.17, 15) is 4.79 Å². The first-order chi connectivity index (χ1) is 13.0. The lowest BCUT2D eigenvalue weighted by Gasteiger charge is -2.36. The van der Waals surface area contributed by atoms with Crippen LogP contribution in [0, 0.1) is 17.8 Å². The molecule has 6 nitrogen and oxygen atoms in total. The van der Waals surface area contributed by atoms with E-state index in [2.05, 4.69) is 36.0 Å². The quantitative estimate of drug-likeness (QED) is 0.551. The fourth-order valence-electron chi connectivity index (χ4n) is 3.77. The summed E-state index contributed by atoms with van der Waals surface area (Å²) in [7, 11) is 1.90. The molecule has 27 heavy (non-hydrogen) atoms. The van der Waals surface area contributed by atoms with Crippen LogP contribution in [0.1, 0.15) is 40.0 Å². The van der Waals surface area contributed by atoms with Crippen LogP contribution in [-0.4, -0.2) is 37.6 Å². The van der Waals surface area contributed by atoms with Crippen LogP contribution in [-0.2, 0) is 16.6 Å². The van der Waals surface area contributed by atoms with Crippen LogP contribution in [0.4, 0.5) is 0 Å². The summed E-state index contributed by atoms with van der Waals surface area (Å²) in [6, 6.07) is 3.78. The fourth-order valence-corrected chi connectivity index (χ4v) is 4.46. The minimum Gasteiger partial charge on any atom is -0.461 e. The summed E-state index contributed by atoms with van der Waals surface area (Å²) in [5.74, 6) is 2.45. The molecule has 0 spiro atoms. The molecule has 0 amide bonds. The summed E-state index contributed by atoms with van der Waals surface area (Å²) >= 11 is 1.37. The van der Waals surface area contributed by atoms with E-state index in [1.807, 2.05) is 23.7 Å². The predicted octanol–water partition coefficient (Wildman–Crippen LogP) is 3.97. The molecule has 146 valence electrons. The van der Waals surface area contributed by atoms with Gasteiger partial charge in [-0.1, -0.05) is 39.0 Å².